The number of carbonyl (C=O) groups is 1. The molecular weight excluding hydrogens is 275 g/mol. The molecule has 0 amide bonds. The van der Waals surface area contributed by atoms with Crippen molar-refractivity contribution in [3.63, 3.8) is 0 Å². The summed E-state index contributed by atoms with van der Waals surface area (Å²) < 4.78 is 38.9. The largest absolute Gasteiger partial charge is 0.416 e. The number of benzene rings is 1. The molecule has 0 spiro atoms. The van der Waals surface area contributed by atoms with E-state index in [0.717, 1.165) is 6.07 Å². The van der Waals surface area contributed by atoms with Crippen molar-refractivity contribution in [2.45, 2.75) is 25.4 Å². The predicted octanol–water partition coefficient (Wildman–Crippen LogP) is 3.29. The van der Waals surface area contributed by atoms with Gasteiger partial charge in [0.2, 0.25) is 6.54 Å². The van der Waals surface area contributed by atoms with E-state index in [4.69, 9.17) is 0 Å². The van der Waals surface area contributed by atoms with Gasteiger partial charge >= 0.3 is 6.18 Å². The second-order valence-corrected chi connectivity index (χ2v) is 4.41. The molecule has 1 rings (SSSR count). The molecule has 0 aliphatic rings. The van der Waals surface area contributed by atoms with Gasteiger partial charge in [-0.15, -0.1) is 0 Å². The Labute approximate surface area is 113 Å². The predicted molar refractivity (Wildman–Crippen MR) is 65.9 cm³/mol. The zero-order valence-corrected chi connectivity index (χ0v) is 10.8. The van der Waals surface area contributed by atoms with Crippen molar-refractivity contribution < 1.29 is 22.9 Å². The first-order valence-corrected chi connectivity index (χ1v) is 6.04. The van der Waals surface area contributed by atoms with E-state index in [9.17, 15) is 28.1 Å². The second kappa shape index (κ2) is 6.49. The molecule has 0 aliphatic heterocycles. The van der Waals surface area contributed by atoms with Crippen LogP contribution in [0.4, 0.5) is 13.2 Å². The van der Waals surface area contributed by atoms with E-state index < -0.39 is 35.0 Å². The first-order chi connectivity index (χ1) is 9.31. The lowest BCUT2D eigenvalue weighted by molar-refractivity contribution is -0.484. The summed E-state index contributed by atoms with van der Waals surface area (Å²) in [4.78, 5) is 21.0. The Kier molecular flexibility index (Phi) is 5.24. The monoisotopic (exact) mass is 289 g/mol. The summed E-state index contributed by atoms with van der Waals surface area (Å²) in [5.41, 5.74) is -1.12. The molecular formula is C13H14F3NO3. The van der Waals surface area contributed by atoms with E-state index in [1.807, 2.05) is 0 Å². The van der Waals surface area contributed by atoms with Crippen molar-refractivity contribution in [1.29, 1.82) is 0 Å². The summed E-state index contributed by atoms with van der Waals surface area (Å²) in [7, 11) is 0. The van der Waals surface area contributed by atoms with Crippen LogP contribution in [0.1, 0.15) is 30.4 Å². The van der Waals surface area contributed by atoms with E-state index in [0.29, 0.717) is 6.29 Å². The highest BCUT2D eigenvalue weighted by molar-refractivity contribution is 5.56. The molecule has 4 nitrogen and oxygen atoms in total. The highest BCUT2D eigenvalue weighted by Crippen LogP contribution is 2.37. The summed E-state index contributed by atoms with van der Waals surface area (Å²) in [6.45, 7) is 0.909. The highest BCUT2D eigenvalue weighted by atomic mass is 19.4. The molecule has 1 aromatic rings. The number of hydrogen-bond acceptors (Lipinski definition) is 3. The van der Waals surface area contributed by atoms with E-state index in [1.54, 1.807) is 6.92 Å². The summed E-state index contributed by atoms with van der Waals surface area (Å²) in [5, 5.41) is 10.7. The van der Waals surface area contributed by atoms with E-state index in [-0.39, 0.29) is 12.0 Å². The van der Waals surface area contributed by atoms with Crippen LogP contribution in [0.5, 0.6) is 0 Å². The number of rotatable bonds is 6. The van der Waals surface area contributed by atoms with E-state index >= 15 is 0 Å². The molecule has 110 valence electrons. The third-order valence-corrected chi connectivity index (χ3v) is 3.17. The van der Waals surface area contributed by atoms with Gasteiger partial charge in [-0.05, 0) is 18.1 Å². The standard InChI is InChI=1S/C13H14F3NO3/c1-2-9(8-18)11(7-17(19)20)10-5-3-4-6-12(10)13(14,15)16/h3-6,8-9,11H,2,7H2,1H3/t9-,11-/m1/s1. The third-order valence-electron chi connectivity index (χ3n) is 3.17. The zero-order valence-electron chi connectivity index (χ0n) is 10.8. The number of nitrogens with zero attached hydrogens (tertiary/aromatic N) is 1. The smallest absolute Gasteiger partial charge is 0.303 e. The molecule has 2 atom stereocenters. The lowest BCUT2D eigenvalue weighted by Crippen LogP contribution is -2.25. The van der Waals surface area contributed by atoms with Crippen LogP contribution >= 0.6 is 0 Å². The average molecular weight is 289 g/mol. The molecule has 0 saturated carbocycles. The van der Waals surface area contributed by atoms with Crippen LogP contribution in [-0.2, 0) is 11.0 Å². The normalized spacial score (nSPS) is 14.6. The van der Waals surface area contributed by atoms with Gasteiger partial charge in [-0.25, -0.2) is 0 Å². The Morgan fingerprint density at radius 2 is 1.95 bits per heavy atom. The van der Waals surface area contributed by atoms with Crippen molar-refractivity contribution in [2.24, 2.45) is 5.92 Å². The Hall–Kier alpha value is -1.92. The van der Waals surface area contributed by atoms with Crippen molar-refractivity contribution in [3.05, 3.63) is 45.5 Å². The fraction of sp³-hybridized carbons (Fsp3) is 0.462. The minimum absolute atomic E-state index is 0.198. The van der Waals surface area contributed by atoms with E-state index in [2.05, 4.69) is 0 Å². The summed E-state index contributed by atoms with van der Waals surface area (Å²) in [6, 6.07) is 4.68. The SMILES string of the molecule is CC[C@H](C=O)[C@@H](C[N+](=O)[O-])c1ccccc1C(F)(F)F. The van der Waals surface area contributed by atoms with Crippen LogP contribution in [0.15, 0.2) is 24.3 Å². The van der Waals surface area contributed by atoms with Gasteiger partial charge in [0.15, 0.2) is 0 Å². The van der Waals surface area contributed by atoms with Gasteiger partial charge in [0.1, 0.15) is 6.29 Å². The number of aldehydes is 1. The number of hydrogen-bond donors (Lipinski definition) is 0. The highest BCUT2D eigenvalue weighted by Gasteiger charge is 2.38. The quantitative estimate of drug-likeness (QED) is 0.458. The average Bonchev–Trinajstić information content (AvgIpc) is 2.37. The molecule has 0 aromatic heterocycles. The van der Waals surface area contributed by atoms with Gasteiger partial charge in [0, 0.05) is 10.8 Å². The van der Waals surface area contributed by atoms with Gasteiger partial charge in [-0.3, -0.25) is 10.1 Å². The van der Waals surface area contributed by atoms with Crippen molar-refractivity contribution in [2.75, 3.05) is 6.54 Å². The molecule has 0 saturated heterocycles. The van der Waals surface area contributed by atoms with Gasteiger partial charge in [-0.2, -0.15) is 13.2 Å². The molecule has 0 bridgehead atoms. The number of carbonyl (C=O) groups excluding carboxylic acids is 1. The molecule has 0 unspecified atom stereocenters. The fourth-order valence-corrected chi connectivity index (χ4v) is 2.18. The topological polar surface area (TPSA) is 60.2 Å². The van der Waals surface area contributed by atoms with Gasteiger partial charge in [0.25, 0.3) is 0 Å². The minimum atomic E-state index is -4.60. The summed E-state index contributed by atoms with van der Waals surface area (Å²) >= 11 is 0. The first-order valence-electron chi connectivity index (χ1n) is 6.04. The van der Waals surface area contributed by atoms with Crippen LogP contribution in [0.25, 0.3) is 0 Å². The van der Waals surface area contributed by atoms with Crippen molar-refractivity contribution in [1.82, 2.24) is 0 Å². The number of nitro groups is 1. The molecule has 0 N–H and O–H groups in total. The van der Waals surface area contributed by atoms with Gasteiger partial charge in [0.05, 0.1) is 11.5 Å². The number of halogens is 3. The molecule has 0 fully saturated rings. The molecule has 0 radical (unpaired) electrons. The Balaban J connectivity index is 3.33. The van der Waals surface area contributed by atoms with Crippen LogP contribution < -0.4 is 0 Å². The first kappa shape index (κ1) is 16.1. The Bertz CT molecular complexity index is 488. The maximum Gasteiger partial charge on any atom is 0.416 e. The van der Waals surface area contributed by atoms with Crippen LogP contribution in [-0.4, -0.2) is 17.8 Å². The maximum absolute atomic E-state index is 13.0. The lowest BCUT2D eigenvalue weighted by atomic mass is 9.83. The minimum Gasteiger partial charge on any atom is -0.303 e. The molecule has 20 heavy (non-hydrogen) atoms. The van der Waals surface area contributed by atoms with Crippen LogP contribution in [0, 0.1) is 16.0 Å². The van der Waals surface area contributed by atoms with Crippen LogP contribution in [0.3, 0.4) is 0 Å². The molecule has 0 heterocycles. The third kappa shape index (κ3) is 3.79. The molecule has 0 aliphatic carbocycles. The van der Waals surface area contributed by atoms with Crippen molar-refractivity contribution in [3.8, 4) is 0 Å². The van der Waals surface area contributed by atoms with Gasteiger partial charge in [-0.1, -0.05) is 25.1 Å². The summed E-state index contributed by atoms with van der Waals surface area (Å²) in [6.07, 6.45) is -3.87. The van der Waals surface area contributed by atoms with Gasteiger partial charge < -0.3 is 4.79 Å². The van der Waals surface area contributed by atoms with Crippen LogP contribution in [0.2, 0.25) is 0 Å². The molecule has 7 heteroatoms. The Morgan fingerprint density at radius 3 is 2.40 bits per heavy atom. The maximum atomic E-state index is 13.0. The van der Waals surface area contributed by atoms with Crippen molar-refractivity contribution >= 4 is 6.29 Å². The Morgan fingerprint density at radius 1 is 1.35 bits per heavy atom. The molecule has 1 aromatic carbocycles. The van der Waals surface area contributed by atoms with E-state index in [1.165, 1.54) is 18.2 Å². The number of alkyl halides is 3. The zero-order chi connectivity index (χ0) is 15.3. The lowest BCUT2D eigenvalue weighted by Gasteiger charge is -2.22. The fourth-order valence-electron chi connectivity index (χ4n) is 2.18. The second-order valence-electron chi connectivity index (χ2n) is 4.41. The summed E-state index contributed by atoms with van der Waals surface area (Å²) in [5.74, 6) is -1.89.